The van der Waals surface area contributed by atoms with Gasteiger partial charge >= 0.3 is 0 Å². The highest BCUT2D eigenvalue weighted by Gasteiger charge is 2.22. The third-order valence-electron chi connectivity index (χ3n) is 7.92. The second-order valence-corrected chi connectivity index (χ2v) is 10.5. The number of imidazole rings is 1. The van der Waals surface area contributed by atoms with Gasteiger partial charge in [0.2, 0.25) is 0 Å². The molecule has 194 valence electrons. The van der Waals surface area contributed by atoms with Gasteiger partial charge in [0.25, 0.3) is 0 Å². The van der Waals surface area contributed by atoms with Crippen molar-refractivity contribution in [2.45, 2.75) is 6.92 Å². The van der Waals surface area contributed by atoms with E-state index in [-0.39, 0.29) is 0 Å². The van der Waals surface area contributed by atoms with Gasteiger partial charge in [-0.05, 0) is 53.9 Å². The average Bonchev–Trinajstić information content (AvgIpc) is 3.60. The Hall–Kier alpha value is -5.41. The van der Waals surface area contributed by atoms with E-state index in [1.807, 2.05) is 12.1 Å². The highest BCUT2D eigenvalue weighted by Crippen LogP contribution is 2.41. The van der Waals surface area contributed by atoms with Gasteiger partial charge in [-0.25, -0.2) is 4.98 Å². The molecule has 0 amide bonds. The zero-order chi connectivity index (χ0) is 27.3. The van der Waals surface area contributed by atoms with E-state index in [0.717, 1.165) is 72.3 Å². The lowest BCUT2D eigenvalue weighted by molar-refractivity contribution is 0.669. The van der Waals surface area contributed by atoms with E-state index in [1.54, 1.807) is 0 Å². The zero-order valence-corrected chi connectivity index (χ0v) is 22.6. The van der Waals surface area contributed by atoms with Crippen molar-refractivity contribution < 1.29 is 4.42 Å². The lowest BCUT2D eigenvalue weighted by Crippen LogP contribution is -2.03. The summed E-state index contributed by atoms with van der Waals surface area (Å²) in [6.45, 7) is 2.16. The van der Waals surface area contributed by atoms with Crippen LogP contribution in [0.25, 0.3) is 72.3 Å². The Labute approximate surface area is 238 Å². The molecule has 0 aliphatic carbocycles. The van der Waals surface area contributed by atoms with Gasteiger partial charge in [-0.2, -0.15) is 0 Å². The summed E-state index contributed by atoms with van der Waals surface area (Å²) in [5.74, 6) is 0.886. The molecule has 0 atom stereocenters. The van der Waals surface area contributed by atoms with Crippen LogP contribution in [0.4, 0.5) is 0 Å². The predicted octanol–water partition coefficient (Wildman–Crippen LogP) is 10.2. The number of benzene rings is 6. The third kappa shape index (κ3) is 3.78. The van der Waals surface area contributed by atoms with Crippen molar-refractivity contribution in [1.82, 2.24) is 9.55 Å². The molecule has 0 bridgehead atoms. The molecule has 2 heterocycles. The molecule has 3 heteroatoms. The first kappa shape index (κ1) is 23.5. The minimum absolute atomic E-state index is 0.874. The summed E-state index contributed by atoms with van der Waals surface area (Å²) < 4.78 is 8.70. The Bertz CT molecular complexity index is 2150. The first-order valence-corrected chi connectivity index (χ1v) is 13.9. The molecule has 0 saturated carbocycles. The Balaban J connectivity index is 1.49. The standard InChI is InChI=1S/C38H26N2O/c1-25-23-28(24-35-36(25)31-17-8-11-22-34(31)41-35)38-39-32-20-9-10-21-33(32)40(38)37-29(26-13-4-2-5-14-26)18-12-19-30(37)27-15-6-3-7-16-27/h2-24H,1H3. The molecule has 0 spiro atoms. The molecule has 8 rings (SSSR count). The van der Waals surface area contributed by atoms with Crippen LogP contribution in [0.3, 0.4) is 0 Å². The normalized spacial score (nSPS) is 11.5. The maximum atomic E-state index is 6.36. The molecule has 2 aromatic heterocycles. The Morgan fingerprint density at radius 3 is 1.93 bits per heavy atom. The monoisotopic (exact) mass is 526 g/mol. The summed E-state index contributed by atoms with van der Waals surface area (Å²) in [6, 6.07) is 48.8. The molecule has 0 radical (unpaired) electrons. The molecule has 0 fully saturated rings. The fourth-order valence-electron chi connectivity index (χ4n) is 6.12. The lowest BCUT2D eigenvalue weighted by Gasteiger charge is -2.20. The number of furan rings is 1. The van der Waals surface area contributed by atoms with Gasteiger partial charge in [-0.15, -0.1) is 0 Å². The van der Waals surface area contributed by atoms with Crippen LogP contribution < -0.4 is 0 Å². The van der Waals surface area contributed by atoms with Crippen molar-refractivity contribution >= 4 is 33.0 Å². The van der Waals surface area contributed by atoms with E-state index in [2.05, 4.69) is 139 Å². The van der Waals surface area contributed by atoms with Gasteiger partial charge in [-0.1, -0.05) is 109 Å². The van der Waals surface area contributed by atoms with E-state index in [4.69, 9.17) is 9.40 Å². The van der Waals surface area contributed by atoms with Gasteiger partial charge in [0, 0.05) is 27.5 Å². The molecule has 3 nitrogen and oxygen atoms in total. The summed E-state index contributed by atoms with van der Waals surface area (Å²) in [5, 5.41) is 2.29. The first-order chi connectivity index (χ1) is 20.3. The average molecular weight is 527 g/mol. The molecule has 8 aromatic rings. The Morgan fingerprint density at radius 2 is 1.20 bits per heavy atom. The molecule has 6 aromatic carbocycles. The van der Waals surface area contributed by atoms with Crippen LogP contribution in [0.15, 0.2) is 144 Å². The molecule has 0 unspecified atom stereocenters. The largest absolute Gasteiger partial charge is 0.456 e. The summed E-state index contributed by atoms with van der Waals surface area (Å²) in [5.41, 5.74) is 11.7. The first-order valence-electron chi connectivity index (χ1n) is 13.9. The third-order valence-corrected chi connectivity index (χ3v) is 7.92. The number of rotatable bonds is 4. The van der Waals surface area contributed by atoms with E-state index in [9.17, 15) is 0 Å². The molecular weight excluding hydrogens is 500 g/mol. The van der Waals surface area contributed by atoms with E-state index in [1.165, 1.54) is 5.56 Å². The second kappa shape index (κ2) is 9.35. The van der Waals surface area contributed by atoms with Crippen molar-refractivity contribution in [2.75, 3.05) is 0 Å². The van der Waals surface area contributed by atoms with Crippen LogP contribution >= 0.6 is 0 Å². The number of hydrogen-bond acceptors (Lipinski definition) is 2. The quantitative estimate of drug-likeness (QED) is 0.228. The van der Waals surface area contributed by atoms with Gasteiger partial charge in [0.1, 0.15) is 17.0 Å². The molecule has 41 heavy (non-hydrogen) atoms. The minimum Gasteiger partial charge on any atom is -0.456 e. The predicted molar refractivity (Wildman–Crippen MR) is 169 cm³/mol. The zero-order valence-electron chi connectivity index (χ0n) is 22.6. The number of hydrogen-bond donors (Lipinski definition) is 0. The Morgan fingerprint density at radius 1 is 0.561 bits per heavy atom. The van der Waals surface area contributed by atoms with Gasteiger partial charge < -0.3 is 4.42 Å². The summed E-state index contributed by atoms with van der Waals surface area (Å²) >= 11 is 0. The Kier molecular flexibility index (Phi) is 5.36. The van der Waals surface area contributed by atoms with Crippen LogP contribution in [-0.2, 0) is 0 Å². The number of nitrogens with zero attached hydrogens (tertiary/aromatic N) is 2. The second-order valence-electron chi connectivity index (χ2n) is 10.5. The van der Waals surface area contributed by atoms with Gasteiger partial charge in [0.15, 0.2) is 0 Å². The highest BCUT2D eigenvalue weighted by molar-refractivity contribution is 6.08. The number of aromatic nitrogens is 2. The topological polar surface area (TPSA) is 31.0 Å². The van der Waals surface area contributed by atoms with Gasteiger partial charge in [0.05, 0.1) is 16.7 Å². The van der Waals surface area contributed by atoms with Crippen molar-refractivity contribution in [3.05, 3.63) is 145 Å². The van der Waals surface area contributed by atoms with Crippen LogP contribution in [0.1, 0.15) is 5.56 Å². The van der Waals surface area contributed by atoms with Crippen molar-refractivity contribution in [1.29, 1.82) is 0 Å². The summed E-state index contributed by atoms with van der Waals surface area (Å²) in [4.78, 5) is 5.25. The number of fused-ring (bicyclic) bond motifs is 4. The fraction of sp³-hybridized carbons (Fsp3) is 0.0263. The lowest BCUT2D eigenvalue weighted by atomic mass is 9.95. The summed E-state index contributed by atoms with van der Waals surface area (Å²) in [6.07, 6.45) is 0. The van der Waals surface area contributed by atoms with Crippen molar-refractivity contribution in [3.8, 4) is 39.3 Å². The van der Waals surface area contributed by atoms with Crippen LogP contribution in [0, 0.1) is 6.92 Å². The van der Waals surface area contributed by atoms with Crippen molar-refractivity contribution in [3.63, 3.8) is 0 Å². The number of aryl methyl sites for hydroxylation is 1. The molecule has 0 saturated heterocycles. The van der Waals surface area contributed by atoms with E-state index >= 15 is 0 Å². The minimum atomic E-state index is 0.874. The summed E-state index contributed by atoms with van der Waals surface area (Å²) in [7, 11) is 0. The van der Waals surface area contributed by atoms with E-state index in [0.29, 0.717) is 0 Å². The maximum Gasteiger partial charge on any atom is 0.145 e. The molecule has 0 aliphatic rings. The fourth-order valence-corrected chi connectivity index (χ4v) is 6.12. The van der Waals surface area contributed by atoms with Crippen molar-refractivity contribution in [2.24, 2.45) is 0 Å². The number of para-hydroxylation sites is 4. The highest BCUT2D eigenvalue weighted by atomic mass is 16.3. The molecule has 0 aliphatic heterocycles. The smallest absolute Gasteiger partial charge is 0.145 e. The SMILES string of the molecule is Cc1cc(-c2nc3ccccc3n2-c2c(-c3ccccc3)cccc2-c2ccccc2)cc2oc3ccccc3c12. The van der Waals surface area contributed by atoms with E-state index < -0.39 is 0 Å². The molecule has 0 N–H and O–H groups in total. The van der Waals surface area contributed by atoms with Crippen LogP contribution in [0.5, 0.6) is 0 Å². The van der Waals surface area contributed by atoms with Gasteiger partial charge in [-0.3, -0.25) is 4.57 Å². The van der Waals surface area contributed by atoms with Crippen LogP contribution in [0.2, 0.25) is 0 Å². The maximum absolute atomic E-state index is 6.36. The van der Waals surface area contributed by atoms with Crippen LogP contribution in [-0.4, -0.2) is 9.55 Å². The molecular formula is C38H26N2O.